The lowest BCUT2D eigenvalue weighted by molar-refractivity contribution is 0.0936. The van der Waals surface area contributed by atoms with Gasteiger partial charge in [0, 0.05) is 37.1 Å². The highest BCUT2D eigenvalue weighted by Gasteiger charge is 2.30. The number of alkyl carbamates (subject to hydrolysis) is 1. The van der Waals surface area contributed by atoms with Crippen molar-refractivity contribution >= 4 is 50.0 Å². The fourth-order valence-electron chi connectivity index (χ4n) is 4.86. The normalized spacial score (nSPS) is 13.1. The number of carbonyl (C=O) groups excluding carboxylic acids is 3. The molecule has 0 fully saturated rings. The van der Waals surface area contributed by atoms with Crippen LogP contribution in [-0.4, -0.2) is 51.9 Å². The van der Waals surface area contributed by atoms with Gasteiger partial charge in [0.1, 0.15) is 5.00 Å². The van der Waals surface area contributed by atoms with Crippen molar-refractivity contribution in [3.63, 3.8) is 0 Å². The Balaban J connectivity index is 1.37. The van der Waals surface area contributed by atoms with Crippen LogP contribution in [0.15, 0.2) is 89.8 Å². The molecule has 0 bridgehead atoms. The monoisotopic (exact) mass is 618 g/mol. The maximum atomic E-state index is 13.3. The number of imide groups is 1. The molecule has 0 aliphatic carbocycles. The maximum absolute atomic E-state index is 13.3. The number of nitrogens with zero attached hydrogens (tertiary/aromatic N) is 2. The molecule has 2 N–H and O–H groups in total. The van der Waals surface area contributed by atoms with E-state index in [1.807, 2.05) is 18.2 Å². The molecule has 12 heteroatoms. The first-order valence-electron chi connectivity index (χ1n) is 13.4. The van der Waals surface area contributed by atoms with E-state index < -0.39 is 27.9 Å². The summed E-state index contributed by atoms with van der Waals surface area (Å²) in [7, 11) is -1.23. The highest BCUT2D eigenvalue weighted by atomic mass is 32.2. The molecule has 0 saturated carbocycles. The maximum Gasteiger partial charge on any atom is 0.413 e. The van der Waals surface area contributed by atoms with Gasteiger partial charge in [-0.1, -0.05) is 48.5 Å². The van der Waals surface area contributed by atoms with Crippen molar-refractivity contribution < 1.29 is 27.5 Å². The molecule has 222 valence electrons. The summed E-state index contributed by atoms with van der Waals surface area (Å²) in [5, 5.41) is 5.32. The third-order valence-electron chi connectivity index (χ3n) is 7.13. The Hall–Kier alpha value is -4.52. The van der Waals surface area contributed by atoms with Crippen LogP contribution in [0.25, 0.3) is 0 Å². The van der Waals surface area contributed by atoms with E-state index >= 15 is 0 Å². The molecule has 3 amide bonds. The van der Waals surface area contributed by atoms with Crippen LogP contribution in [0.4, 0.5) is 15.5 Å². The number of methoxy groups -OCH3 is 1. The number of fused-ring (bicyclic) bond motifs is 1. The van der Waals surface area contributed by atoms with Crippen LogP contribution in [0.5, 0.6) is 0 Å². The van der Waals surface area contributed by atoms with Gasteiger partial charge in [-0.3, -0.25) is 24.1 Å². The molecular weight excluding hydrogens is 588 g/mol. The topological polar surface area (TPSA) is 125 Å². The molecule has 10 nitrogen and oxygen atoms in total. The molecule has 0 spiro atoms. The van der Waals surface area contributed by atoms with Crippen molar-refractivity contribution in [1.29, 1.82) is 0 Å². The molecule has 0 atom stereocenters. The molecule has 0 radical (unpaired) electrons. The van der Waals surface area contributed by atoms with Crippen molar-refractivity contribution in [2.45, 2.75) is 24.4 Å². The van der Waals surface area contributed by atoms with E-state index in [1.165, 1.54) is 52.5 Å². The average molecular weight is 619 g/mol. The predicted octanol–water partition coefficient (Wildman–Crippen LogP) is 4.88. The zero-order valence-electron chi connectivity index (χ0n) is 23.6. The van der Waals surface area contributed by atoms with Gasteiger partial charge in [0.05, 0.1) is 23.3 Å². The van der Waals surface area contributed by atoms with E-state index in [4.69, 9.17) is 0 Å². The van der Waals surface area contributed by atoms with Gasteiger partial charge in [-0.25, -0.2) is 13.2 Å². The Bertz CT molecular complexity index is 1740. The van der Waals surface area contributed by atoms with E-state index in [9.17, 15) is 22.8 Å². The lowest BCUT2D eigenvalue weighted by Crippen LogP contribution is -2.33. The standard InChI is InChI=1S/C31H30N4O6S2/c1-34(23-11-7-4-8-12-23)43(39,40)24-15-13-22(14-16-24)28(36)32-30-27(29(37)33-31(38)41-2)25-17-18-35(20-26(25)42-30)19-21-9-5-3-6-10-21/h3-16H,17-20H2,1-2H3,(H,32,36)(H,33,37,38). The number of hydrogen-bond acceptors (Lipinski definition) is 8. The molecule has 0 saturated heterocycles. The first-order valence-corrected chi connectivity index (χ1v) is 15.7. The molecular formula is C31H30N4O6S2. The summed E-state index contributed by atoms with van der Waals surface area (Å²) < 4.78 is 32.0. The highest BCUT2D eigenvalue weighted by molar-refractivity contribution is 7.92. The Labute approximate surface area is 253 Å². The summed E-state index contributed by atoms with van der Waals surface area (Å²) >= 11 is 1.28. The van der Waals surface area contributed by atoms with E-state index in [-0.39, 0.29) is 16.0 Å². The van der Waals surface area contributed by atoms with Crippen molar-refractivity contribution in [3.8, 4) is 0 Å². The third-order valence-corrected chi connectivity index (χ3v) is 10.1. The molecule has 4 aromatic rings. The predicted molar refractivity (Wildman–Crippen MR) is 165 cm³/mol. The quantitative estimate of drug-likeness (QED) is 0.288. The Morgan fingerprint density at radius 1 is 0.930 bits per heavy atom. The summed E-state index contributed by atoms with van der Waals surface area (Å²) in [6, 6.07) is 24.3. The number of sulfonamides is 1. The van der Waals surface area contributed by atoms with Crippen molar-refractivity contribution in [2.75, 3.05) is 30.3 Å². The molecule has 2 heterocycles. The zero-order valence-corrected chi connectivity index (χ0v) is 25.2. The largest absolute Gasteiger partial charge is 0.453 e. The first-order chi connectivity index (χ1) is 20.7. The number of ether oxygens (including phenoxy) is 1. The second kappa shape index (κ2) is 12.8. The van der Waals surface area contributed by atoms with Gasteiger partial charge < -0.3 is 10.1 Å². The lowest BCUT2D eigenvalue weighted by atomic mass is 10.0. The molecule has 5 rings (SSSR count). The summed E-state index contributed by atoms with van der Waals surface area (Å²) in [4.78, 5) is 41.5. The number of nitrogens with one attached hydrogen (secondary N) is 2. The minimum atomic E-state index is -3.85. The fourth-order valence-corrected chi connectivity index (χ4v) is 7.33. The van der Waals surface area contributed by atoms with Gasteiger partial charge in [0.2, 0.25) is 0 Å². The molecule has 43 heavy (non-hydrogen) atoms. The second-order valence-corrected chi connectivity index (χ2v) is 13.0. The van der Waals surface area contributed by atoms with E-state index in [0.29, 0.717) is 30.2 Å². The van der Waals surface area contributed by atoms with Gasteiger partial charge in [0.25, 0.3) is 21.8 Å². The third kappa shape index (κ3) is 6.61. The summed E-state index contributed by atoms with van der Waals surface area (Å²) in [6.07, 6.45) is -0.346. The summed E-state index contributed by atoms with van der Waals surface area (Å²) in [5.74, 6) is -1.19. The van der Waals surface area contributed by atoms with Gasteiger partial charge in [-0.2, -0.15) is 0 Å². The van der Waals surface area contributed by atoms with Gasteiger partial charge in [-0.15, -0.1) is 11.3 Å². The van der Waals surface area contributed by atoms with Gasteiger partial charge in [0.15, 0.2) is 0 Å². The number of rotatable bonds is 8. The van der Waals surface area contributed by atoms with E-state index in [0.717, 1.165) is 24.1 Å². The van der Waals surface area contributed by atoms with Crippen molar-refractivity contribution in [2.24, 2.45) is 0 Å². The minimum Gasteiger partial charge on any atom is -0.453 e. The molecule has 1 aliphatic rings. The number of para-hydroxylation sites is 1. The smallest absolute Gasteiger partial charge is 0.413 e. The Morgan fingerprint density at radius 2 is 1.58 bits per heavy atom. The van der Waals surface area contributed by atoms with Crippen LogP contribution in [0.1, 0.15) is 36.7 Å². The summed E-state index contributed by atoms with van der Waals surface area (Å²) in [6.45, 7) is 2.00. The minimum absolute atomic E-state index is 0.0265. The van der Waals surface area contributed by atoms with Crippen LogP contribution in [0, 0.1) is 0 Å². The van der Waals surface area contributed by atoms with E-state index in [1.54, 1.807) is 30.3 Å². The van der Waals surface area contributed by atoms with Gasteiger partial charge in [-0.05, 0) is 53.9 Å². The number of amides is 3. The number of carbonyl (C=O) groups is 3. The van der Waals surface area contributed by atoms with Crippen molar-refractivity contribution in [1.82, 2.24) is 10.2 Å². The highest BCUT2D eigenvalue weighted by Crippen LogP contribution is 2.38. The number of thiophene rings is 1. The second-order valence-electron chi connectivity index (χ2n) is 9.89. The van der Waals surface area contributed by atoms with E-state index in [2.05, 4.69) is 32.4 Å². The zero-order chi connectivity index (χ0) is 30.6. The average Bonchev–Trinajstić information content (AvgIpc) is 3.38. The summed E-state index contributed by atoms with van der Waals surface area (Å²) in [5.41, 5.74) is 2.88. The Kier molecular flexibility index (Phi) is 8.90. The number of benzene rings is 3. The van der Waals surface area contributed by atoms with Crippen LogP contribution in [0.3, 0.4) is 0 Å². The lowest BCUT2D eigenvalue weighted by Gasteiger charge is -2.27. The van der Waals surface area contributed by atoms with Crippen LogP contribution in [-0.2, 0) is 34.3 Å². The molecule has 3 aromatic carbocycles. The number of anilines is 2. The number of hydrogen-bond donors (Lipinski definition) is 2. The van der Waals surface area contributed by atoms with Crippen molar-refractivity contribution in [3.05, 3.63) is 112 Å². The van der Waals surface area contributed by atoms with Gasteiger partial charge >= 0.3 is 6.09 Å². The first kappa shape index (κ1) is 30.0. The Morgan fingerprint density at radius 3 is 2.23 bits per heavy atom. The van der Waals surface area contributed by atoms with Crippen LogP contribution in [0.2, 0.25) is 0 Å². The SMILES string of the molecule is COC(=O)NC(=O)c1c(NC(=O)c2ccc(S(=O)(=O)N(C)c3ccccc3)cc2)sc2c1CCN(Cc1ccccc1)C2. The van der Waals surface area contributed by atoms with Crippen LogP contribution < -0.4 is 14.9 Å². The van der Waals surface area contributed by atoms with Crippen LogP contribution >= 0.6 is 11.3 Å². The fraction of sp³-hybridized carbons (Fsp3) is 0.194. The molecule has 1 aliphatic heterocycles. The molecule has 1 aromatic heterocycles. The molecule has 0 unspecified atom stereocenters.